The Balaban J connectivity index is 2.44. The highest BCUT2D eigenvalue weighted by molar-refractivity contribution is 5.75. The van der Waals surface area contributed by atoms with E-state index in [1.807, 2.05) is 6.92 Å². The maximum absolute atomic E-state index is 12.7. The molecule has 3 nitrogen and oxygen atoms in total. The van der Waals surface area contributed by atoms with Crippen molar-refractivity contribution in [3.05, 3.63) is 41.8 Å². The Labute approximate surface area is 92.5 Å². The Morgan fingerprint density at radius 2 is 2.06 bits per heavy atom. The number of aryl methyl sites for hydroxylation is 1. The van der Waals surface area contributed by atoms with Crippen LogP contribution in [0.1, 0.15) is 17.4 Å². The second-order valence-electron chi connectivity index (χ2n) is 3.39. The minimum absolute atomic E-state index is 0.283. The summed E-state index contributed by atoms with van der Waals surface area (Å²) < 4.78 is 14.4. The van der Waals surface area contributed by atoms with Gasteiger partial charge in [0.05, 0.1) is 5.69 Å². The van der Waals surface area contributed by atoms with Gasteiger partial charge < -0.3 is 0 Å². The second kappa shape index (κ2) is 4.26. The zero-order chi connectivity index (χ0) is 11.5. The molecule has 0 saturated heterocycles. The van der Waals surface area contributed by atoms with E-state index in [4.69, 9.17) is 0 Å². The molecule has 0 fully saturated rings. The fraction of sp³-hybridized carbons (Fsp3) is 0.167. The van der Waals surface area contributed by atoms with Crippen molar-refractivity contribution in [1.82, 2.24) is 9.78 Å². The predicted octanol–water partition coefficient (Wildman–Crippen LogP) is 2.52. The van der Waals surface area contributed by atoms with Crippen LogP contribution in [0.3, 0.4) is 0 Å². The molecule has 0 aliphatic carbocycles. The highest BCUT2D eigenvalue weighted by Crippen LogP contribution is 2.18. The monoisotopic (exact) mass is 218 g/mol. The number of halogens is 1. The van der Waals surface area contributed by atoms with Crippen molar-refractivity contribution in [3.63, 3.8) is 0 Å². The van der Waals surface area contributed by atoms with Gasteiger partial charge in [0.2, 0.25) is 0 Å². The summed E-state index contributed by atoms with van der Waals surface area (Å²) in [6, 6.07) is 7.74. The van der Waals surface area contributed by atoms with Gasteiger partial charge in [0.15, 0.2) is 6.29 Å². The molecule has 2 aromatic rings. The standard InChI is InChI=1S/C12H11FN2O/c1-2-15-11(8-16)7-12(14-15)9-3-5-10(13)6-4-9/h3-8H,2H2,1H3. The van der Waals surface area contributed by atoms with E-state index in [0.29, 0.717) is 17.9 Å². The molecule has 1 aromatic heterocycles. The van der Waals surface area contributed by atoms with Crippen LogP contribution >= 0.6 is 0 Å². The van der Waals surface area contributed by atoms with E-state index in [0.717, 1.165) is 11.8 Å². The highest BCUT2D eigenvalue weighted by atomic mass is 19.1. The number of hydrogen-bond donors (Lipinski definition) is 0. The summed E-state index contributed by atoms with van der Waals surface area (Å²) in [6.07, 6.45) is 0.767. The quantitative estimate of drug-likeness (QED) is 0.742. The summed E-state index contributed by atoms with van der Waals surface area (Å²) >= 11 is 0. The number of nitrogens with zero attached hydrogens (tertiary/aromatic N) is 2. The van der Waals surface area contributed by atoms with Crippen LogP contribution in [0.4, 0.5) is 4.39 Å². The van der Waals surface area contributed by atoms with Crippen molar-refractivity contribution in [2.24, 2.45) is 0 Å². The van der Waals surface area contributed by atoms with Crippen molar-refractivity contribution in [2.75, 3.05) is 0 Å². The van der Waals surface area contributed by atoms with Gasteiger partial charge in [0.25, 0.3) is 0 Å². The second-order valence-corrected chi connectivity index (χ2v) is 3.39. The summed E-state index contributed by atoms with van der Waals surface area (Å²) in [5, 5.41) is 4.26. The highest BCUT2D eigenvalue weighted by Gasteiger charge is 2.07. The van der Waals surface area contributed by atoms with Crippen LogP contribution in [-0.2, 0) is 6.54 Å². The van der Waals surface area contributed by atoms with Gasteiger partial charge in [-0.25, -0.2) is 4.39 Å². The molecule has 2 rings (SSSR count). The Bertz CT molecular complexity index is 502. The molecule has 4 heteroatoms. The Hall–Kier alpha value is -1.97. The molecule has 82 valence electrons. The molecule has 0 spiro atoms. The molecule has 0 amide bonds. The third-order valence-corrected chi connectivity index (χ3v) is 2.37. The minimum Gasteiger partial charge on any atom is -0.296 e. The van der Waals surface area contributed by atoms with Crippen LogP contribution in [0.15, 0.2) is 30.3 Å². The molecule has 0 unspecified atom stereocenters. The maximum Gasteiger partial charge on any atom is 0.168 e. The Morgan fingerprint density at radius 3 is 2.56 bits per heavy atom. The first kappa shape index (κ1) is 10.5. The molecule has 0 atom stereocenters. The van der Waals surface area contributed by atoms with Gasteiger partial charge in [-0.3, -0.25) is 9.48 Å². The van der Waals surface area contributed by atoms with Gasteiger partial charge in [-0.05, 0) is 37.3 Å². The van der Waals surface area contributed by atoms with Crippen molar-refractivity contribution in [1.29, 1.82) is 0 Å². The summed E-state index contributed by atoms with van der Waals surface area (Å²) in [5.74, 6) is -0.283. The van der Waals surface area contributed by atoms with Crippen LogP contribution in [0, 0.1) is 5.82 Å². The molecule has 0 aliphatic heterocycles. The lowest BCUT2D eigenvalue weighted by molar-refractivity contribution is 0.111. The van der Waals surface area contributed by atoms with E-state index >= 15 is 0 Å². The summed E-state index contributed by atoms with van der Waals surface area (Å²) in [6.45, 7) is 2.55. The molecule has 0 saturated carbocycles. The van der Waals surface area contributed by atoms with Crippen molar-refractivity contribution in [3.8, 4) is 11.3 Å². The molecule has 0 bridgehead atoms. The number of benzene rings is 1. The largest absolute Gasteiger partial charge is 0.296 e. The fourth-order valence-corrected chi connectivity index (χ4v) is 1.54. The van der Waals surface area contributed by atoms with Crippen molar-refractivity contribution < 1.29 is 9.18 Å². The zero-order valence-electron chi connectivity index (χ0n) is 8.85. The Kier molecular flexibility index (Phi) is 2.81. The van der Waals surface area contributed by atoms with Gasteiger partial charge in [0, 0.05) is 12.1 Å². The Morgan fingerprint density at radius 1 is 1.38 bits per heavy atom. The molecule has 0 aliphatic rings. The summed E-state index contributed by atoms with van der Waals surface area (Å²) in [7, 11) is 0. The van der Waals surface area contributed by atoms with Crippen LogP contribution in [0.25, 0.3) is 11.3 Å². The number of rotatable bonds is 3. The third kappa shape index (κ3) is 1.86. The van der Waals surface area contributed by atoms with Crippen molar-refractivity contribution in [2.45, 2.75) is 13.5 Å². The zero-order valence-corrected chi connectivity index (χ0v) is 8.85. The van der Waals surface area contributed by atoms with Gasteiger partial charge in [-0.2, -0.15) is 5.10 Å². The SMILES string of the molecule is CCn1nc(-c2ccc(F)cc2)cc1C=O. The van der Waals surface area contributed by atoms with E-state index in [1.165, 1.54) is 12.1 Å². The molecular weight excluding hydrogens is 207 g/mol. The predicted molar refractivity (Wildman–Crippen MR) is 58.7 cm³/mol. The molecule has 16 heavy (non-hydrogen) atoms. The van der Waals surface area contributed by atoms with Gasteiger partial charge in [-0.15, -0.1) is 0 Å². The van der Waals surface area contributed by atoms with Crippen LogP contribution < -0.4 is 0 Å². The first-order valence-electron chi connectivity index (χ1n) is 5.03. The van der Waals surface area contributed by atoms with E-state index in [-0.39, 0.29) is 5.82 Å². The topological polar surface area (TPSA) is 34.9 Å². The first-order chi connectivity index (χ1) is 7.74. The molecular formula is C12H11FN2O. The summed E-state index contributed by atoms with van der Waals surface area (Å²) in [5.41, 5.74) is 2.02. The first-order valence-corrected chi connectivity index (χ1v) is 5.03. The minimum atomic E-state index is -0.283. The fourth-order valence-electron chi connectivity index (χ4n) is 1.54. The van der Waals surface area contributed by atoms with Gasteiger partial charge >= 0.3 is 0 Å². The summed E-state index contributed by atoms with van der Waals surface area (Å²) in [4.78, 5) is 10.8. The number of aldehydes is 1. The number of carbonyl (C=O) groups is 1. The lowest BCUT2D eigenvalue weighted by Gasteiger charge is -1.97. The maximum atomic E-state index is 12.7. The van der Waals surface area contributed by atoms with E-state index in [1.54, 1.807) is 22.9 Å². The third-order valence-electron chi connectivity index (χ3n) is 2.37. The van der Waals surface area contributed by atoms with Crippen LogP contribution in [-0.4, -0.2) is 16.1 Å². The smallest absolute Gasteiger partial charge is 0.168 e. The van der Waals surface area contributed by atoms with E-state index in [9.17, 15) is 9.18 Å². The van der Waals surface area contributed by atoms with Gasteiger partial charge in [-0.1, -0.05) is 0 Å². The van der Waals surface area contributed by atoms with E-state index < -0.39 is 0 Å². The molecule has 1 heterocycles. The normalized spacial score (nSPS) is 10.4. The van der Waals surface area contributed by atoms with E-state index in [2.05, 4.69) is 5.10 Å². The van der Waals surface area contributed by atoms with Crippen molar-refractivity contribution >= 4 is 6.29 Å². The lowest BCUT2D eigenvalue weighted by Crippen LogP contribution is -2.00. The average Bonchev–Trinajstić information content (AvgIpc) is 2.73. The number of hydrogen-bond acceptors (Lipinski definition) is 2. The van der Waals surface area contributed by atoms with Crippen LogP contribution in [0.2, 0.25) is 0 Å². The molecule has 0 radical (unpaired) electrons. The average molecular weight is 218 g/mol. The number of carbonyl (C=O) groups excluding carboxylic acids is 1. The van der Waals surface area contributed by atoms with Gasteiger partial charge in [0.1, 0.15) is 11.5 Å². The number of aromatic nitrogens is 2. The molecule has 1 aromatic carbocycles. The van der Waals surface area contributed by atoms with Crippen LogP contribution in [0.5, 0.6) is 0 Å². The molecule has 0 N–H and O–H groups in total. The lowest BCUT2D eigenvalue weighted by atomic mass is 10.1.